The summed E-state index contributed by atoms with van der Waals surface area (Å²) in [6.07, 6.45) is 0. The maximum absolute atomic E-state index is 2.28. The van der Waals surface area contributed by atoms with Gasteiger partial charge in [-0.2, -0.15) is 12.1 Å². The molecule has 0 aliphatic heterocycles. The van der Waals surface area contributed by atoms with Gasteiger partial charge in [0.1, 0.15) is 0 Å². The van der Waals surface area contributed by atoms with Crippen molar-refractivity contribution in [3.8, 4) is 22.3 Å². The van der Waals surface area contributed by atoms with Crippen LogP contribution >= 0.6 is 0 Å². The third-order valence-electron chi connectivity index (χ3n) is 7.95. The second kappa shape index (κ2) is 13.9. The first-order chi connectivity index (χ1) is 19.7. The van der Waals surface area contributed by atoms with Gasteiger partial charge < -0.3 is 24.8 Å². The molecule has 208 valence electrons. The predicted octanol–water partition coefficient (Wildman–Crippen LogP) is 5.38. The molecule has 0 spiro atoms. The van der Waals surface area contributed by atoms with Crippen LogP contribution in [0.3, 0.4) is 0 Å². The number of aryl methyl sites for hydroxylation is 2. The number of halogens is 2. The molecule has 0 radical (unpaired) electrons. The van der Waals surface area contributed by atoms with Crippen molar-refractivity contribution in [2.45, 2.75) is 13.8 Å². The van der Waals surface area contributed by atoms with E-state index in [1.165, 1.54) is 76.5 Å². The van der Waals surface area contributed by atoms with Crippen LogP contribution in [0.4, 0.5) is 0 Å². The van der Waals surface area contributed by atoms with Crippen molar-refractivity contribution in [2.75, 3.05) is 0 Å². The monoisotopic (exact) mass is 760 g/mol. The van der Waals surface area contributed by atoms with Gasteiger partial charge in [-0.3, -0.25) is 0 Å². The Balaban J connectivity index is 0.000000184. The Morgan fingerprint density at radius 3 is 1.12 bits per heavy atom. The van der Waals surface area contributed by atoms with Crippen LogP contribution in [0.2, 0.25) is 0 Å². The maximum Gasteiger partial charge on any atom is 4.00 e. The fourth-order valence-electron chi connectivity index (χ4n) is 6.16. The van der Waals surface area contributed by atoms with E-state index in [0.717, 1.165) is 0 Å². The molecule has 0 saturated carbocycles. The van der Waals surface area contributed by atoms with E-state index in [-0.39, 0.29) is 50.7 Å². The van der Waals surface area contributed by atoms with Gasteiger partial charge in [-0.15, -0.1) is 69.1 Å². The molecule has 0 atom stereocenters. The minimum absolute atomic E-state index is 0. The average molecular weight is 760 g/mol. The Kier molecular flexibility index (Phi) is 10.5. The SMILES string of the molecule is Cc1cc2c(-c3cccc4ccccc34)cccc2[cH-]1.Cc1cc2c(-c3cccc4ccccc34)cccc2[cH-]1.[Cl-].[Cl-].[Hf+4]. The van der Waals surface area contributed by atoms with Gasteiger partial charge in [0, 0.05) is 0 Å². The Bertz CT molecular complexity index is 1980. The summed E-state index contributed by atoms with van der Waals surface area (Å²) in [6, 6.07) is 52.5. The van der Waals surface area contributed by atoms with E-state index in [1.54, 1.807) is 0 Å². The molecule has 0 saturated heterocycles. The van der Waals surface area contributed by atoms with Crippen LogP contribution in [0, 0.1) is 13.8 Å². The van der Waals surface area contributed by atoms with Gasteiger partial charge in [-0.1, -0.05) is 122 Å². The molecule has 0 aliphatic carbocycles. The van der Waals surface area contributed by atoms with Crippen LogP contribution in [0.25, 0.3) is 65.3 Å². The van der Waals surface area contributed by atoms with Gasteiger partial charge in [-0.25, -0.2) is 0 Å². The molecule has 0 aliphatic rings. The molecular formula is C40H30Cl2Hf. The van der Waals surface area contributed by atoms with Crippen LogP contribution in [-0.4, -0.2) is 0 Å². The van der Waals surface area contributed by atoms with E-state index < -0.39 is 0 Å². The molecule has 0 nitrogen and oxygen atoms in total. The molecule has 0 aromatic heterocycles. The second-order valence-corrected chi connectivity index (χ2v) is 10.7. The van der Waals surface area contributed by atoms with Gasteiger partial charge in [0.15, 0.2) is 0 Å². The number of hydrogen-bond donors (Lipinski definition) is 0. The molecule has 8 rings (SSSR count). The fourth-order valence-corrected chi connectivity index (χ4v) is 6.16. The van der Waals surface area contributed by atoms with E-state index in [9.17, 15) is 0 Å². The summed E-state index contributed by atoms with van der Waals surface area (Å²) in [5.74, 6) is 0. The third-order valence-corrected chi connectivity index (χ3v) is 7.95. The number of rotatable bonds is 2. The largest absolute Gasteiger partial charge is 4.00 e. The summed E-state index contributed by atoms with van der Waals surface area (Å²) < 4.78 is 0. The molecule has 0 amide bonds. The Hall–Kier alpha value is -3.49. The molecule has 0 unspecified atom stereocenters. The summed E-state index contributed by atoms with van der Waals surface area (Å²) in [5, 5.41) is 10.6. The van der Waals surface area contributed by atoms with Crippen LogP contribution in [0.5, 0.6) is 0 Å². The van der Waals surface area contributed by atoms with Crippen LogP contribution in [-0.2, 0) is 25.8 Å². The molecule has 0 fully saturated rings. The van der Waals surface area contributed by atoms with Crippen LogP contribution < -0.4 is 24.8 Å². The summed E-state index contributed by atoms with van der Waals surface area (Å²) in [7, 11) is 0. The Labute approximate surface area is 284 Å². The van der Waals surface area contributed by atoms with Gasteiger partial charge in [0.25, 0.3) is 0 Å². The van der Waals surface area contributed by atoms with Crippen LogP contribution in [0.1, 0.15) is 11.1 Å². The molecular weight excluding hydrogens is 730 g/mol. The maximum atomic E-state index is 2.28. The molecule has 0 heterocycles. The topological polar surface area (TPSA) is 0 Å². The van der Waals surface area contributed by atoms with Crippen molar-refractivity contribution >= 4 is 43.1 Å². The molecule has 3 heteroatoms. The first-order valence-corrected chi connectivity index (χ1v) is 13.9. The first kappa shape index (κ1) is 32.4. The first-order valence-electron chi connectivity index (χ1n) is 13.9. The zero-order valence-corrected chi connectivity index (χ0v) is 29.2. The predicted molar refractivity (Wildman–Crippen MR) is 174 cm³/mol. The van der Waals surface area contributed by atoms with E-state index >= 15 is 0 Å². The second-order valence-electron chi connectivity index (χ2n) is 10.7. The summed E-state index contributed by atoms with van der Waals surface area (Å²) in [4.78, 5) is 0. The van der Waals surface area contributed by atoms with Crippen molar-refractivity contribution in [1.82, 2.24) is 0 Å². The standard InChI is InChI=1S/2C20H15.2ClH.Hf/c2*1-14-12-16-8-5-11-19(20(16)13-14)18-10-4-7-15-6-2-3-9-17(15)18;;;/h2*2-13H,1H3;2*1H;/q2*-1;;;+4/p-2. The van der Waals surface area contributed by atoms with Crippen LogP contribution in [0.15, 0.2) is 146 Å². The Morgan fingerprint density at radius 1 is 0.372 bits per heavy atom. The summed E-state index contributed by atoms with van der Waals surface area (Å²) >= 11 is 0. The van der Waals surface area contributed by atoms with Gasteiger partial charge in [0.2, 0.25) is 0 Å². The quantitative estimate of drug-likeness (QED) is 0.164. The minimum atomic E-state index is 0. The number of benzene rings is 6. The van der Waals surface area contributed by atoms with Crippen molar-refractivity contribution in [3.05, 3.63) is 157 Å². The third kappa shape index (κ3) is 6.27. The number of fused-ring (bicyclic) bond motifs is 4. The zero-order chi connectivity index (χ0) is 27.1. The fraction of sp³-hybridized carbons (Fsp3) is 0.0500. The van der Waals surface area contributed by atoms with E-state index in [2.05, 4.69) is 159 Å². The van der Waals surface area contributed by atoms with Gasteiger partial charge >= 0.3 is 25.8 Å². The van der Waals surface area contributed by atoms with Crippen molar-refractivity contribution in [1.29, 1.82) is 0 Å². The summed E-state index contributed by atoms with van der Waals surface area (Å²) in [6.45, 7) is 4.32. The van der Waals surface area contributed by atoms with E-state index in [0.29, 0.717) is 0 Å². The smallest absolute Gasteiger partial charge is 1.00 e. The Morgan fingerprint density at radius 2 is 0.698 bits per heavy atom. The molecule has 8 aromatic rings. The average Bonchev–Trinajstić information content (AvgIpc) is 3.57. The van der Waals surface area contributed by atoms with Crippen molar-refractivity contribution in [3.63, 3.8) is 0 Å². The normalized spacial score (nSPS) is 10.5. The van der Waals surface area contributed by atoms with Gasteiger partial charge in [0.05, 0.1) is 0 Å². The molecule has 8 aromatic carbocycles. The summed E-state index contributed by atoms with van der Waals surface area (Å²) in [5.41, 5.74) is 7.94. The molecule has 0 N–H and O–H groups in total. The van der Waals surface area contributed by atoms with Crippen molar-refractivity contribution in [2.24, 2.45) is 0 Å². The van der Waals surface area contributed by atoms with E-state index in [1.807, 2.05) is 0 Å². The minimum Gasteiger partial charge on any atom is -1.00 e. The zero-order valence-electron chi connectivity index (χ0n) is 24.1. The van der Waals surface area contributed by atoms with E-state index in [4.69, 9.17) is 0 Å². The van der Waals surface area contributed by atoms with Crippen molar-refractivity contribution < 1.29 is 50.7 Å². The van der Waals surface area contributed by atoms with Gasteiger partial charge in [-0.05, 0) is 32.7 Å². The number of hydrogen-bond acceptors (Lipinski definition) is 0. The molecule has 43 heavy (non-hydrogen) atoms. The molecule has 0 bridgehead atoms.